The zero-order chi connectivity index (χ0) is 33.1. The predicted molar refractivity (Wildman–Crippen MR) is 190 cm³/mol. The highest BCUT2D eigenvalue weighted by Gasteiger charge is 2.58. The summed E-state index contributed by atoms with van der Waals surface area (Å²) < 4.78 is 27.4. The lowest BCUT2D eigenvalue weighted by molar-refractivity contribution is -0.190. The van der Waals surface area contributed by atoms with Gasteiger partial charge < -0.3 is 28.9 Å². The maximum atomic E-state index is 7.34. The molecule has 1 unspecified atom stereocenters. The molecule has 5 aromatic rings. The molecule has 0 amide bonds. The van der Waals surface area contributed by atoms with Crippen LogP contribution in [0.1, 0.15) is 69.9 Å². The van der Waals surface area contributed by atoms with Crippen molar-refractivity contribution in [3.05, 3.63) is 114 Å². The standard InChI is InChI=1S/C39H44N4O4Si/c1-38(2,3)48(26-15-8-6-9-16-26,27-17-10-7-11-18-27)44-23-31-35-36(47-39(4,5)46-35)34(45-31)29-22-40-33-32(29)41-24-42-37(33)43-30-21-20-25-14-12-13-19-28(25)30/h6-19,22,24,30-31,34-36,40H,20-21,23H2,1-5H3,(H,41,42,43)/t30-,31+,34?,35+,36-/m0/s1. The lowest BCUT2D eigenvalue weighted by Gasteiger charge is -2.43. The second-order valence-corrected chi connectivity index (χ2v) is 19.1. The van der Waals surface area contributed by atoms with Crippen molar-refractivity contribution in [2.45, 2.75) is 88.7 Å². The lowest BCUT2D eigenvalue weighted by atomic mass is 10.0. The van der Waals surface area contributed by atoms with Crippen molar-refractivity contribution in [1.82, 2.24) is 15.0 Å². The molecule has 2 saturated heterocycles. The van der Waals surface area contributed by atoms with E-state index in [0.29, 0.717) is 6.61 Å². The van der Waals surface area contributed by atoms with Gasteiger partial charge in [-0.05, 0) is 53.2 Å². The maximum absolute atomic E-state index is 7.34. The Kier molecular flexibility index (Phi) is 7.80. The second kappa shape index (κ2) is 11.9. The summed E-state index contributed by atoms with van der Waals surface area (Å²) in [7, 11) is -2.79. The first-order chi connectivity index (χ1) is 23.1. The van der Waals surface area contributed by atoms with Crippen LogP contribution in [0.2, 0.25) is 5.04 Å². The highest BCUT2D eigenvalue weighted by molar-refractivity contribution is 6.99. The van der Waals surface area contributed by atoms with Crippen molar-refractivity contribution in [3.8, 4) is 0 Å². The molecule has 4 heterocycles. The van der Waals surface area contributed by atoms with Gasteiger partial charge in [0.15, 0.2) is 11.6 Å². The van der Waals surface area contributed by atoms with E-state index in [2.05, 4.69) is 121 Å². The third-order valence-corrected chi connectivity index (χ3v) is 15.3. The van der Waals surface area contributed by atoms with Crippen LogP contribution >= 0.6 is 0 Å². The molecule has 248 valence electrons. The molecule has 2 fully saturated rings. The first-order valence-electron chi connectivity index (χ1n) is 17.1. The number of hydrogen-bond donors (Lipinski definition) is 2. The Labute approximate surface area is 283 Å². The molecule has 2 aliphatic heterocycles. The van der Waals surface area contributed by atoms with E-state index in [1.165, 1.54) is 21.5 Å². The minimum absolute atomic E-state index is 0.156. The predicted octanol–water partition coefficient (Wildman–Crippen LogP) is 6.59. The first kappa shape index (κ1) is 31.4. The van der Waals surface area contributed by atoms with Gasteiger partial charge in [-0.1, -0.05) is 106 Å². The molecule has 0 spiro atoms. The maximum Gasteiger partial charge on any atom is 0.261 e. The average Bonchev–Trinajstić information content (AvgIpc) is 3.84. The molecule has 9 heteroatoms. The number of nitrogens with one attached hydrogen (secondary N) is 2. The number of fused-ring (bicyclic) bond motifs is 3. The summed E-state index contributed by atoms with van der Waals surface area (Å²) in [5.74, 6) is 0.0365. The van der Waals surface area contributed by atoms with Crippen LogP contribution in [0, 0.1) is 0 Å². The van der Waals surface area contributed by atoms with Gasteiger partial charge in [0.1, 0.15) is 36.3 Å². The monoisotopic (exact) mass is 660 g/mol. The fourth-order valence-electron chi connectivity index (χ4n) is 8.19. The number of ether oxygens (including phenoxy) is 3. The van der Waals surface area contributed by atoms with E-state index in [1.54, 1.807) is 6.33 Å². The smallest absolute Gasteiger partial charge is 0.261 e. The van der Waals surface area contributed by atoms with Gasteiger partial charge in [-0.3, -0.25) is 0 Å². The summed E-state index contributed by atoms with van der Waals surface area (Å²) >= 11 is 0. The van der Waals surface area contributed by atoms with Crippen molar-refractivity contribution in [2.24, 2.45) is 0 Å². The number of aryl methyl sites for hydroxylation is 1. The fraction of sp³-hybridized carbons (Fsp3) is 0.385. The number of hydrogen-bond acceptors (Lipinski definition) is 7. The fourth-order valence-corrected chi connectivity index (χ4v) is 12.8. The Balaban J connectivity index is 1.11. The first-order valence-corrected chi connectivity index (χ1v) is 19.0. The van der Waals surface area contributed by atoms with Crippen LogP contribution in [0.5, 0.6) is 0 Å². The van der Waals surface area contributed by atoms with E-state index in [0.717, 1.165) is 35.3 Å². The summed E-state index contributed by atoms with van der Waals surface area (Å²) in [6, 6.07) is 30.3. The Morgan fingerprint density at radius 2 is 1.54 bits per heavy atom. The molecule has 3 aromatic carbocycles. The van der Waals surface area contributed by atoms with Gasteiger partial charge >= 0.3 is 0 Å². The van der Waals surface area contributed by atoms with E-state index in [-0.39, 0.29) is 29.4 Å². The van der Waals surface area contributed by atoms with Crippen LogP contribution in [0.25, 0.3) is 11.0 Å². The van der Waals surface area contributed by atoms with E-state index in [9.17, 15) is 0 Å². The van der Waals surface area contributed by atoms with E-state index in [4.69, 9.17) is 23.6 Å². The molecule has 5 atom stereocenters. The minimum atomic E-state index is -2.79. The molecule has 2 N–H and O–H groups in total. The number of H-pyrrole nitrogens is 1. The van der Waals surface area contributed by atoms with Crippen molar-refractivity contribution in [2.75, 3.05) is 11.9 Å². The molecule has 2 aromatic heterocycles. The van der Waals surface area contributed by atoms with Gasteiger partial charge in [-0.25, -0.2) is 9.97 Å². The molecular formula is C39H44N4O4Si. The third kappa shape index (κ3) is 5.29. The molecule has 1 aliphatic carbocycles. The molecular weight excluding hydrogens is 617 g/mol. The molecule has 0 saturated carbocycles. The Morgan fingerprint density at radius 1 is 0.875 bits per heavy atom. The largest absolute Gasteiger partial charge is 0.405 e. The van der Waals surface area contributed by atoms with Crippen LogP contribution in [0.3, 0.4) is 0 Å². The van der Waals surface area contributed by atoms with Crippen molar-refractivity contribution in [1.29, 1.82) is 0 Å². The number of benzene rings is 3. The Hall–Kier alpha value is -3.86. The number of nitrogens with zero attached hydrogens (tertiary/aromatic N) is 2. The van der Waals surface area contributed by atoms with Crippen LogP contribution in [0.4, 0.5) is 5.82 Å². The number of aromatic nitrogens is 3. The topological polar surface area (TPSA) is 90.5 Å². The molecule has 48 heavy (non-hydrogen) atoms. The van der Waals surface area contributed by atoms with E-state index < -0.39 is 20.2 Å². The van der Waals surface area contributed by atoms with Gasteiger partial charge in [-0.15, -0.1) is 0 Å². The average molecular weight is 661 g/mol. The van der Waals surface area contributed by atoms with Crippen molar-refractivity contribution in [3.63, 3.8) is 0 Å². The van der Waals surface area contributed by atoms with Crippen LogP contribution in [-0.2, 0) is 25.1 Å². The summed E-state index contributed by atoms with van der Waals surface area (Å²) in [5.41, 5.74) is 5.35. The van der Waals surface area contributed by atoms with Gasteiger partial charge in [0.05, 0.1) is 18.2 Å². The molecule has 3 aliphatic rings. The second-order valence-electron chi connectivity index (χ2n) is 14.8. The van der Waals surface area contributed by atoms with E-state index in [1.807, 2.05) is 20.0 Å². The normalized spacial score (nSPS) is 24.9. The highest BCUT2D eigenvalue weighted by atomic mass is 28.4. The molecule has 0 radical (unpaired) electrons. The zero-order valence-electron chi connectivity index (χ0n) is 28.3. The lowest BCUT2D eigenvalue weighted by Crippen LogP contribution is -2.67. The summed E-state index contributed by atoms with van der Waals surface area (Å²) in [6.45, 7) is 11.2. The molecule has 0 bridgehead atoms. The van der Waals surface area contributed by atoms with Crippen molar-refractivity contribution < 1.29 is 18.6 Å². The summed E-state index contributed by atoms with van der Waals surface area (Å²) in [5, 5.41) is 6.01. The number of anilines is 1. The molecule has 8 rings (SSSR count). The number of aromatic amines is 1. The Morgan fingerprint density at radius 3 is 2.25 bits per heavy atom. The van der Waals surface area contributed by atoms with E-state index >= 15 is 0 Å². The minimum Gasteiger partial charge on any atom is -0.405 e. The van der Waals surface area contributed by atoms with Gasteiger partial charge in [0, 0.05) is 11.8 Å². The van der Waals surface area contributed by atoms with Crippen molar-refractivity contribution >= 4 is 35.5 Å². The summed E-state index contributed by atoms with van der Waals surface area (Å²) in [4.78, 5) is 12.9. The Bertz CT molecular complexity index is 1870. The number of rotatable bonds is 8. The third-order valence-electron chi connectivity index (χ3n) is 10.3. The van der Waals surface area contributed by atoms with Gasteiger partial charge in [0.25, 0.3) is 8.32 Å². The van der Waals surface area contributed by atoms with Crippen LogP contribution < -0.4 is 15.7 Å². The molecule has 8 nitrogen and oxygen atoms in total. The quantitative estimate of drug-likeness (QED) is 0.182. The van der Waals surface area contributed by atoms with Crippen LogP contribution in [-0.4, -0.2) is 54.0 Å². The van der Waals surface area contributed by atoms with Gasteiger partial charge in [0.2, 0.25) is 0 Å². The highest BCUT2D eigenvalue weighted by Crippen LogP contribution is 2.48. The zero-order valence-corrected chi connectivity index (χ0v) is 29.3. The van der Waals surface area contributed by atoms with Gasteiger partial charge in [-0.2, -0.15) is 0 Å². The van der Waals surface area contributed by atoms with Crippen LogP contribution in [0.15, 0.2) is 97.5 Å². The SMILES string of the molecule is CC1(C)O[C@@H]2[C@@H](CO[Si](c3ccccc3)(c3ccccc3)C(C)(C)C)OC(c3c[nH]c4c(N[C@H]5CCc6ccccc65)ncnc34)[C@@H]2O1. The summed E-state index contributed by atoms with van der Waals surface area (Å²) in [6.07, 6.45) is 4.35.